The van der Waals surface area contributed by atoms with E-state index in [1.54, 1.807) is 28.2 Å². The molecule has 2 N–H and O–H groups in total. The Labute approximate surface area is 243 Å². The van der Waals surface area contributed by atoms with Crippen molar-refractivity contribution in [2.75, 3.05) is 11.6 Å². The number of rotatable bonds is 9. The number of benzene rings is 2. The van der Waals surface area contributed by atoms with E-state index in [1.165, 1.54) is 0 Å². The van der Waals surface area contributed by atoms with Gasteiger partial charge >= 0.3 is 6.03 Å². The summed E-state index contributed by atoms with van der Waals surface area (Å²) in [5, 5.41) is 19.5. The van der Waals surface area contributed by atoms with Crippen molar-refractivity contribution in [2.45, 2.75) is 54.7 Å². The summed E-state index contributed by atoms with van der Waals surface area (Å²) < 4.78 is 3.63. The fraction of sp³-hybridized carbons (Fsp3) is 0.267. The van der Waals surface area contributed by atoms with Crippen LogP contribution in [0.2, 0.25) is 0 Å². The lowest BCUT2D eigenvalue weighted by molar-refractivity contribution is 0.251. The Balaban J connectivity index is 1.32. The number of nitrogens with one attached hydrogen (secondary N) is 2. The van der Waals surface area contributed by atoms with Crippen molar-refractivity contribution in [3.63, 3.8) is 0 Å². The molecule has 0 fully saturated rings. The zero-order valence-electron chi connectivity index (χ0n) is 23.3. The molecule has 2 amide bonds. The van der Waals surface area contributed by atoms with E-state index in [0.29, 0.717) is 12.4 Å². The van der Waals surface area contributed by atoms with Gasteiger partial charge < -0.3 is 5.32 Å². The molecule has 10 heteroatoms. The van der Waals surface area contributed by atoms with Crippen LogP contribution in [0, 0.1) is 0 Å². The molecular weight excluding hydrogens is 539 g/mol. The van der Waals surface area contributed by atoms with Crippen molar-refractivity contribution >= 4 is 41.0 Å². The van der Waals surface area contributed by atoms with Crippen molar-refractivity contribution in [3.05, 3.63) is 96.1 Å². The van der Waals surface area contributed by atoms with Crippen molar-refractivity contribution < 1.29 is 4.79 Å². The fourth-order valence-electron chi connectivity index (χ4n) is 4.19. The van der Waals surface area contributed by atoms with E-state index >= 15 is 0 Å². The Bertz CT molecular complexity index is 1630. The Morgan fingerprint density at radius 2 is 1.75 bits per heavy atom. The Kier molecular flexibility index (Phi) is 8.18. The molecule has 3 heterocycles. The van der Waals surface area contributed by atoms with Crippen LogP contribution in [0.25, 0.3) is 11.3 Å². The summed E-state index contributed by atoms with van der Waals surface area (Å²) in [5.41, 5.74) is 3.63. The molecule has 3 aromatic heterocycles. The second-order valence-corrected chi connectivity index (χ2v) is 12.7. The molecule has 5 rings (SSSR count). The third-order valence-electron chi connectivity index (χ3n) is 6.64. The molecule has 0 bridgehead atoms. The maximum atomic E-state index is 13.1. The summed E-state index contributed by atoms with van der Waals surface area (Å²) >= 11 is 3.37. The lowest BCUT2D eigenvalue weighted by atomic mass is 10.1. The van der Waals surface area contributed by atoms with Crippen LogP contribution in [0.1, 0.15) is 50.7 Å². The number of hydrogen-bond acceptors (Lipinski definition) is 6. The number of carbonyl (C=O) groups is 1. The summed E-state index contributed by atoms with van der Waals surface area (Å²) in [7, 11) is 0. The highest BCUT2D eigenvalue weighted by molar-refractivity contribution is 7.99. The van der Waals surface area contributed by atoms with Gasteiger partial charge in [-0.1, -0.05) is 62.0 Å². The van der Waals surface area contributed by atoms with E-state index in [2.05, 4.69) is 67.0 Å². The first-order chi connectivity index (χ1) is 19.2. The smallest absolute Gasteiger partial charge is 0.320 e. The molecular formula is C30H33N7OS2. The van der Waals surface area contributed by atoms with Crippen LogP contribution in [-0.4, -0.2) is 36.7 Å². The SMILES string of the molecule is CSC(C)(C)c1cc(NC(=O)NCc2ccccc2Sc2ccc3nnc(C(C)C)n3c2)n(-c2ccccc2)n1. The molecule has 40 heavy (non-hydrogen) atoms. The van der Waals surface area contributed by atoms with Crippen LogP contribution in [0.3, 0.4) is 0 Å². The fourth-order valence-corrected chi connectivity index (χ4v) is 5.47. The van der Waals surface area contributed by atoms with Gasteiger partial charge in [-0.3, -0.25) is 9.72 Å². The van der Waals surface area contributed by atoms with Gasteiger partial charge in [-0.15, -0.1) is 10.2 Å². The topological polar surface area (TPSA) is 89.1 Å². The third kappa shape index (κ3) is 6.03. The standard InChI is InChI=1S/C30H33N7OS2/c1-20(2)28-34-33-26-16-15-23(19-36(26)28)40-24-14-10-9-11-21(24)18-31-29(38)32-27-17-25(30(3,4)39-5)35-37(27)22-12-7-6-8-13-22/h6-17,19-20H,18H2,1-5H3,(H2,31,32,38). The van der Waals surface area contributed by atoms with Gasteiger partial charge in [-0.2, -0.15) is 16.9 Å². The van der Waals surface area contributed by atoms with Gasteiger partial charge in [0.2, 0.25) is 0 Å². The molecule has 0 aliphatic carbocycles. The highest BCUT2D eigenvalue weighted by Gasteiger charge is 2.25. The predicted octanol–water partition coefficient (Wildman–Crippen LogP) is 7.11. The van der Waals surface area contributed by atoms with Gasteiger partial charge in [-0.25, -0.2) is 9.48 Å². The molecule has 0 saturated carbocycles. The number of hydrogen-bond donors (Lipinski definition) is 2. The normalized spacial score (nSPS) is 11.8. The van der Waals surface area contributed by atoms with E-state index in [0.717, 1.165) is 38.2 Å². The van der Waals surface area contributed by atoms with Crippen molar-refractivity contribution in [1.82, 2.24) is 29.7 Å². The average molecular weight is 572 g/mol. The minimum atomic E-state index is -0.294. The molecule has 5 aromatic rings. The average Bonchev–Trinajstić information content (AvgIpc) is 3.58. The van der Waals surface area contributed by atoms with Gasteiger partial charge in [0, 0.05) is 34.5 Å². The number of fused-ring (bicyclic) bond motifs is 1. The minimum Gasteiger partial charge on any atom is -0.334 e. The van der Waals surface area contributed by atoms with E-state index in [9.17, 15) is 4.79 Å². The number of anilines is 1. The van der Waals surface area contributed by atoms with Crippen LogP contribution >= 0.6 is 23.5 Å². The summed E-state index contributed by atoms with van der Waals surface area (Å²) in [5.74, 6) is 1.82. The van der Waals surface area contributed by atoms with E-state index < -0.39 is 0 Å². The molecule has 0 unspecified atom stereocenters. The molecule has 8 nitrogen and oxygen atoms in total. The number of nitrogens with zero attached hydrogens (tertiary/aromatic N) is 5. The zero-order valence-corrected chi connectivity index (χ0v) is 24.9. The van der Waals surface area contributed by atoms with E-state index in [4.69, 9.17) is 5.10 Å². The third-order valence-corrected chi connectivity index (χ3v) is 8.96. The van der Waals surface area contributed by atoms with Crippen molar-refractivity contribution in [2.24, 2.45) is 0 Å². The highest BCUT2D eigenvalue weighted by Crippen LogP contribution is 2.35. The first kappa shape index (κ1) is 27.8. The second-order valence-electron chi connectivity index (χ2n) is 10.2. The molecule has 2 aromatic carbocycles. The summed E-state index contributed by atoms with van der Waals surface area (Å²) in [6.45, 7) is 8.85. The van der Waals surface area contributed by atoms with Gasteiger partial charge in [0.25, 0.3) is 0 Å². The molecule has 0 spiro atoms. The van der Waals surface area contributed by atoms with Crippen LogP contribution in [0.15, 0.2) is 88.8 Å². The van der Waals surface area contributed by atoms with Crippen LogP contribution in [-0.2, 0) is 11.3 Å². The van der Waals surface area contributed by atoms with E-state index in [-0.39, 0.29) is 16.7 Å². The molecule has 0 atom stereocenters. The first-order valence-electron chi connectivity index (χ1n) is 13.1. The molecule has 206 valence electrons. The number of thioether (sulfide) groups is 1. The lowest BCUT2D eigenvalue weighted by Crippen LogP contribution is -2.29. The maximum Gasteiger partial charge on any atom is 0.320 e. The number of pyridine rings is 1. The monoisotopic (exact) mass is 571 g/mol. The molecule has 0 aliphatic heterocycles. The Morgan fingerprint density at radius 1 is 1.00 bits per heavy atom. The molecule has 0 saturated heterocycles. The first-order valence-corrected chi connectivity index (χ1v) is 15.2. The molecule has 0 radical (unpaired) electrons. The minimum absolute atomic E-state index is 0.200. The van der Waals surface area contributed by atoms with Crippen molar-refractivity contribution in [3.8, 4) is 5.69 Å². The van der Waals surface area contributed by atoms with Gasteiger partial charge in [-0.05, 0) is 56.0 Å². The molecule has 0 aliphatic rings. The van der Waals surface area contributed by atoms with Crippen LogP contribution in [0.4, 0.5) is 10.6 Å². The van der Waals surface area contributed by atoms with E-state index in [1.807, 2.05) is 71.1 Å². The van der Waals surface area contributed by atoms with Gasteiger partial charge in [0.1, 0.15) is 11.6 Å². The van der Waals surface area contributed by atoms with Crippen LogP contribution < -0.4 is 10.6 Å². The summed E-state index contributed by atoms with van der Waals surface area (Å²) in [6.07, 6.45) is 4.13. The Morgan fingerprint density at radius 3 is 2.50 bits per heavy atom. The summed E-state index contributed by atoms with van der Waals surface area (Å²) in [6, 6.07) is 23.6. The van der Waals surface area contributed by atoms with Crippen LogP contribution in [0.5, 0.6) is 0 Å². The van der Waals surface area contributed by atoms with Gasteiger partial charge in [0.15, 0.2) is 5.65 Å². The quantitative estimate of drug-likeness (QED) is 0.196. The summed E-state index contributed by atoms with van der Waals surface area (Å²) in [4.78, 5) is 15.2. The number of aromatic nitrogens is 5. The lowest BCUT2D eigenvalue weighted by Gasteiger charge is -2.18. The predicted molar refractivity (Wildman–Crippen MR) is 164 cm³/mol. The van der Waals surface area contributed by atoms with Gasteiger partial charge in [0.05, 0.1) is 16.1 Å². The largest absolute Gasteiger partial charge is 0.334 e. The number of urea groups is 1. The maximum absolute atomic E-state index is 13.1. The number of carbonyl (C=O) groups excluding carboxylic acids is 1. The Hall–Kier alpha value is -3.76. The number of amides is 2. The second kappa shape index (κ2) is 11.8. The number of para-hydroxylation sites is 1. The highest BCUT2D eigenvalue weighted by atomic mass is 32.2. The van der Waals surface area contributed by atoms with Crippen molar-refractivity contribution in [1.29, 1.82) is 0 Å². The zero-order chi connectivity index (χ0) is 28.3.